The van der Waals surface area contributed by atoms with Gasteiger partial charge in [0.2, 0.25) is 5.91 Å². The van der Waals surface area contributed by atoms with Crippen LogP contribution in [-0.2, 0) is 17.6 Å². The van der Waals surface area contributed by atoms with Crippen molar-refractivity contribution in [2.24, 2.45) is 0 Å². The minimum absolute atomic E-state index is 0.0874. The molecule has 0 spiro atoms. The van der Waals surface area contributed by atoms with Gasteiger partial charge in [-0.3, -0.25) is 9.69 Å². The number of amides is 1. The smallest absolute Gasteiger partial charge is 0.244 e. The number of piperazine rings is 1. The molecule has 130 valence electrons. The zero-order chi connectivity index (χ0) is 17.1. The van der Waals surface area contributed by atoms with Crippen molar-refractivity contribution in [3.05, 3.63) is 65.7 Å². The van der Waals surface area contributed by atoms with Gasteiger partial charge in [-0.15, -0.1) is 0 Å². The molecular weight excluding hydrogens is 310 g/mol. The molecule has 2 aromatic carbocycles. The molecule has 0 radical (unpaired) electrons. The highest BCUT2D eigenvalue weighted by atomic mass is 16.2. The number of carbonyl (C=O) groups is 1. The average molecular weight is 335 g/mol. The summed E-state index contributed by atoms with van der Waals surface area (Å²) in [4.78, 5) is 17.8. The van der Waals surface area contributed by atoms with Crippen molar-refractivity contribution in [3.8, 4) is 0 Å². The van der Waals surface area contributed by atoms with E-state index in [1.807, 2.05) is 17.0 Å². The first-order valence-corrected chi connectivity index (χ1v) is 9.21. The Hall–Kier alpha value is -2.17. The van der Waals surface area contributed by atoms with E-state index in [4.69, 9.17) is 0 Å². The van der Waals surface area contributed by atoms with Crippen molar-refractivity contribution in [1.82, 2.24) is 10.2 Å². The van der Waals surface area contributed by atoms with Crippen molar-refractivity contribution < 1.29 is 4.79 Å². The Morgan fingerprint density at radius 1 is 0.960 bits per heavy atom. The number of hydrogen-bond acceptors (Lipinski definition) is 3. The van der Waals surface area contributed by atoms with Crippen molar-refractivity contribution in [2.45, 2.75) is 18.9 Å². The molecule has 2 heterocycles. The SMILES string of the molecule is O=C(C(Cc1ccccc1)N1CCNCC1)N1CCc2ccccc21. The zero-order valence-corrected chi connectivity index (χ0v) is 14.5. The molecule has 1 saturated heterocycles. The third kappa shape index (κ3) is 3.46. The largest absolute Gasteiger partial charge is 0.314 e. The van der Waals surface area contributed by atoms with E-state index in [0.717, 1.165) is 51.3 Å². The number of para-hydroxylation sites is 1. The number of fused-ring (bicyclic) bond motifs is 1. The van der Waals surface area contributed by atoms with E-state index in [-0.39, 0.29) is 11.9 Å². The van der Waals surface area contributed by atoms with Crippen LogP contribution in [0.1, 0.15) is 11.1 Å². The number of carbonyl (C=O) groups excluding carboxylic acids is 1. The molecule has 4 rings (SSSR count). The molecule has 2 aliphatic rings. The highest BCUT2D eigenvalue weighted by Crippen LogP contribution is 2.29. The second-order valence-corrected chi connectivity index (χ2v) is 6.86. The summed E-state index contributed by atoms with van der Waals surface area (Å²) in [6.45, 7) is 4.57. The Labute approximate surface area is 149 Å². The van der Waals surface area contributed by atoms with Crippen LogP contribution in [0.15, 0.2) is 54.6 Å². The van der Waals surface area contributed by atoms with Crippen LogP contribution < -0.4 is 10.2 Å². The quantitative estimate of drug-likeness (QED) is 0.929. The summed E-state index contributed by atoms with van der Waals surface area (Å²) in [5, 5.41) is 3.39. The van der Waals surface area contributed by atoms with E-state index in [1.165, 1.54) is 11.1 Å². The van der Waals surface area contributed by atoms with Crippen LogP contribution in [0.3, 0.4) is 0 Å². The second-order valence-electron chi connectivity index (χ2n) is 6.86. The molecular formula is C21H25N3O. The lowest BCUT2D eigenvalue weighted by molar-refractivity contribution is -0.124. The molecule has 0 aromatic heterocycles. The summed E-state index contributed by atoms with van der Waals surface area (Å²) >= 11 is 0. The van der Waals surface area contributed by atoms with Crippen LogP contribution in [0, 0.1) is 0 Å². The normalized spacial score (nSPS) is 18.8. The molecule has 25 heavy (non-hydrogen) atoms. The highest BCUT2D eigenvalue weighted by molar-refractivity contribution is 5.99. The summed E-state index contributed by atoms with van der Waals surface area (Å²) in [5.74, 6) is 0.246. The van der Waals surface area contributed by atoms with Gasteiger partial charge in [0.25, 0.3) is 0 Å². The molecule has 1 N–H and O–H groups in total. The fraction of sp³-hybridized carbons (Fsp3) is 0.381. The summed E-state index contributed by atoms with van der Waals surface area (Å²) in [6.07, 6.45) is 1.74. The Bertz CT molecular complexity index is 725. The molecule has 4 nitrogen and oxygen atoms in total. The predicted molar refractivity (Wildman–Crippen MR) is 101 cm³/mol. The summed E-state index contributed by atoms with van der Waals surface area (Å²) in [7, 11) is 0. The number of nitrogens with zero attached hydrogens (tertiary/aromatic N) is 2. The molecule has 0 saturated carbocycles. The van der Waals surface area contributed by atoms with Crippen molar-refractivity contribution in [3.63, 3.8) is 0 Å². The monoisotopic (exact) mass is 335 g/mol. The number of benzene rings is 2. The molecule has 0 bridgehead atoms. The van der Waals surface area contributed by atoms with Crippen LogP contribution in [0.4, 0.5) is 5.69 Å². The van der Waals surface area contributed by atoms with E-state index in [9.17, 15) is 4.79 Å². The minimum atomic E-state index is -0.0874. The topological polar surface area (TPSA) is 35.6 Å². The Balaban J connectivity index is 1.60. The first kappa shape index (κ1) is 16.3. The molecule has 0 aliphatic carbocycles. The summed E-state index contributed by atoms with van der Waals surface area (Å²) in [5.41, 5.74) is 3.61. The van der Waals surface area contributed by atoms with Gasteiger partial charge < -0.3 is 10.2 Å². The average Bonchev–Trinajstić information content (AvgIpc) is 3.11. The minimum Gasteiger partial charge on any atom is -0.314 e. The maximum atomic E-state index is 13.5. The van der Waals surface area contributed by atoms with E-state index in [1.54, 1.807) is 0 Å². The number of anilines is 1. The van der Waals surface area contributed by atoms with Gasteiger partial charge in [0.1, 0.15) is 0 Å². The van der Waals surface area contributed by atoms with Gasteiger partial charge in [0.15, 0.2) is 0 Å². The van der Waals surface area contributed by atoms with E-state index in [0.29, 0.717) is 0 Å². The Morgan fingerprint density at radius 2 is 1.68 bits per heavy atom. The molecule has 1 fully saturated rings. The maximum Gasteiger partial charge on any atom is 0.244 e. The van der Waals surface area contributed by atoms with Crippen LogP contribution >= 0.6 is 0 Å². The van der Waals surface area contributed by atoms with Crippen molar-refractivity contribution in [2.75, 3.05) is 37.6 Å². The molecule has 4 heteroatoms. The van der Waals surface area contributed by atoms with E-state index in [2.05, 4.69) is 52.7 Å². The van der Waals surface area contributed by atoms with Crippen LogP contribution in [0.25, 0.3) is 0 Å². The number of hydrogen-bond donors (Lipinski definition) is 1. The van der Waals surface area contributed by atoms with Gasteiger partial charge in [-0.1, -0.05) is 48.5 Å². The van der Waals surface area contributed by atoms with Crippen LogP contribution in [-0.4, -0.2) is 49.6 Å². The second kappa shape index (κ2) is 7.38. The standard InChI is InChI=1S/C21H25N3O/c25-21(24-13-10-18-8-4-5-9-19(18)24)20(23-14-11-22-12-15-23)16-17-6-2-1-3-7-17/h1-9,20,22H,10-16H2. The van der Waals surface area contributed by atoms with Crippen molar-refractivity contribution >= 4 is 11.6 Å². The predicted octanol–water partition coefficient (Wildman–Crippen LogP) is 2.09. The molecule has 1 amide bonds. The number of rotatable bonds is 4. The number of nitrogens with one attached hydrogen (secondary N) is 1. The molecule has 1 atom stereocenters. The van der Waals surface area contributed by atoms with Gasteiger partial charge in [-0.2, -0.15) is 0 Å². The van der Waals surface area contributed by atoms with Crippen molar-refractivity contribution in [1.29, 1.82) is 0 Å². The lowest BCUT2D eigenvalue weighted by atomic mass is 10.0. The van der Waals surface area contributed by atoms with Gasteiger partial charge in [0, 0.05) is 38.4 Å². The summed E-state index contributed by atoms with van der Waals surface area (Å²) < 4.78 is 0. The first-order valence-electron chi connectivity index (χ1n) is 9.21. The lowest BCUT2D eigenvalue weighted by Gasteiger charge is -2.36. The van der Waals surface area contributed by atoms with Gasteiger partial charge in [-0.05, 0) is 30.0 Å². The Morgan fingerprint density at radius 3 is 2.48 bits per heavy atom. The van der Waals surface area contributed by atoms with Crippen LogP contribution in [0.2, 0.25) is 0 Å². The first-order chi connectivity index (χ1) is 12.3. The maximum absolute atomic E-state index is 13.5. The lowest BCUT2D eigenvalue weighted by Crippen LogP contribution is -2.55. The van der Waals surface area contributed by atoms with Gasteiger partial charge in [0.05, 0.1) is 6.04 Å². The zero-order valence-electron chi connectivity index (χ0n) is 14.5. The molecule has 1 unspecified atom stereocenters. The van der Waals surface area contributed by atoms with Gasteiger partial charge in [-0.25, -0.2) is 0 Å². The molecule has 2 aliphatic heterocycles. The Kier molecular flexibility index (Phi) is 4.81. The third-order valence-corrected chi connectivity index (χ3v) is 5.30. The van der Waals surface area contributed by atoms with Crippen LogP contribution in [0.5, 0.6) is 0 Å². The summed E-state index contributed by atoms with van der Waals surface area (Å²) in [6, 6.07) is 18.6. The van der Waals surface area contributed by atoms with E-state index >= 15 is 0 Å². The van der Waals surface area contributed by atoms with E-state index < -0.39 is 0 Å². The highest BCUT2D eigenvalue weighted by Gasteiger charge is 2.34. The fourth-order valence-electron chi connectivity index (χ4n) is 3.95. The molecule has 2 aromatic rings. The third-order valence-electron chi connectivity index (χ3n) is 5.30. The fourth-order valence-corrected chi connectivity index (χ4v) is 3.95. The van der Waals surface area contributed by atoms with Gasteiger partial charge >= 0.3 is 0 Å².